The van der Waals surface area contributed by atoms with E-state index in [0.717, 1.165) is 48.4 Å². The predicted octanol–water partition coefficient (Wildman–Crippen LogP) is 3.01. The van der Waals surface area contributed by atoms with E-state index in [-0.39, 0.29) is 17.6 Å². The highest BCUT2D eigenvalue weighted by atomic mass is 19.1. The van der Waals surface area contributed by atoms with Crippen molar-refractivity contribution in [3.05, 3.63) is 59.3 Å². The maximum absolute atomic E-state index is 13.3. The van der Waals surface area contributed by atoms with Crippen LogP contribution in [0.5, 0.6) is 0 Å². The van der Waals surface area contributed by atoms with Gasteiger partial charge >= 0.3 is 0 Å². The van der Waals surface area contributed by atoms with Crippen molar-refractivity contribution in [3.8, 4) is 0 Å². The van der Waals surface area contributed by atoms with E-state index >= 15 is 0 Å². The van der Waals surface area contributed by atoms with E-state index in [0.29, 0.717) is 13.1 Å². The second-order valence-corrected chi connectivity index (χ2v) is 7.96. The van der Waals surface area contributed by atoms with Crippen LogP contribution >= 0.6 is 0 Å². The Labute approximate surface area is 162 Å². The number of aryl methyl sites for hydroxylation is 1. The summed E-state index contributed by atoms with van der Waals surface area (Å²) in [6.45, 7) is 3.36. The zero-order valence-corrected chi connectivity index (χ0v) is 15.8. The summed E-state index contributed by atoms with van der Waals surface area (Å²) in [6.07, 6.45) is 3.38. The van der Waals surface area contributed by atoms with Gasteiger partial charge in [-0.15, -0.1) is 10.2 Å². The van der Waals surface area contributed by atoms with E-state index in [1.54, 1.807) is 12.1 Å². The Morgan fingerprint density at radius 2 is 1.79 bits per heavy atom. The largest absolute Gasteiger partial charge is 0.342 e. The average Bonchev–Trinajstić information content (AvgIpc) is 3.42. The van der Waals surface area contributed by atoms with Crippen LogP contribution < -0.4 is 0 Å². The fourth-order valence-corrected chi connectivity index (χ4v) is 4.32. The lowest BCUT2D eigenvalue weighted by Gasteiger charge is -2.34. The summed E-state index contributed by atoms with van der Waals surface area (Å²) in [5.74, 6) is 1.04. The molecule has 3 heterocycles. The molecule has 1 saturated carbocycles. The van der Waals surface area contributed by atoms with Gasteiger partial charge < -0.3 is 4.90 Å². The SMILES string of the molecule is Cc1ccc2nnc(C3CCN(C(=O)C4(c5ccc(F)cc5)CC4)CC3)n2n1. The minimum Gasteiger partial charge on any atom is -0.342 e. The van der Waals surface area contributed by atoms with Crippen LogP contribution in [0.1, 0.15) is 48.7 Å². The zero-order valence-electron chi connectivity index (χ0n) is 15.8. The Morgan fingerprint density at radius 3 is 2.46 bits per heavy atom. The lowest BCUT2D eigenvalue weighted by atomic mass is 9.91. The Kier molecular flexibility index (Phi) is 3.92. The highest BCUT2D eigenvalue weighted by Crippen LogP contribution is 2.50. The summed E-state index contributed by atoms with van der Waals surface area (Å²) >= 11 is 0. The number of carbonyl (C=O) groups is 1. The van der Waals surface area contributed by atoms with Crippen molar-refractivity contribution in [2.75, 3.05) is 13.1 Å². The van der Waals surface area contributed by atoms with Crippen molar-refractivity contribution in [3.63, 3.8) is 0 Å². The van der Waals surface area contributed by atoms with Gasteiger partial charge in [-0.2, -0.15) is 9.61 Å². The Morgan fingerprint density at radius 1 is 1.07 bits per heavy atom. The summed E-state index contributed by atoms with van der Waals surface area (Å²) < 4.78 is 15.1. The molecule has 1 aliphatic carbocycles. The number of halogens is 1. The van der Waals surface area contributed by atoms with Gasteiger partial charge in [0.15, 0.2) is 11.5 Å². The van der Waals surface area contributed by atoms with Crippen LogP contribution in [0.3, 0.4) is 0 Å². The van der Waals surface area contributed by atoms with Gasteiger partial charge in [0.25, 0.3) is 0 Å². The molecule has 0 N–H and O–H groups in total. The first-order valence-corrected chi connectivity index (χ1v) is 9.81. The molecule has 2 aromatic heterocycles. The summed E-state index contributed by atoms with van der Waals surface area (Å²) in [4.78, 5) is 15.2. The van der Waals surface area contributed by atoms with Crippen molar-refractivity contribution in [1.82, 2.24) is 24.7 Å². The smallest absolute Gasteiger partial charge is 0.233 e. The van der Waals surface area contributed by atoms with E-state index in [1.165, 1.54) is 12.1 Å². The van der Waals surface area contributed by atoms with Crippen LogP contribution in [0, 0.1) is 12.7 Å². The first-order chi connectivity index (χ1) is 13.6. The van der Waals surface area contributed by atoms with Crippen LogP contribution in [-0.2, 0) is 10.2 Å². The van der Waals surface area contributed by atoms with Gasteiger partial charge in [-0.1, -0.05) is 12.1 Å². The number of benzene rings is 1. The van der Waals surface area contributed by atoms with Gasteiger partial charge in [-0.05, 0) is 62.4 Å². The molecule has 0 spiro atoms. The van der Waals surface area contributed by atoms with Crippen molar-refractivity contribution in [1.29, 1.82) is 0 Å². The Bertz CT molecular complexity index is 1030. The lowest BCUT2D eigenvalue weighted by Crippen LogP contribution is -2.43. The summed E-state index contributed by atoms with van der Waals surface area (Å²) in [6, 6.07) is 10.3. The van der Waals surface area contributed by atoms with E-state index in [4.69, 9.17) is 0 Å². The van der Waals surface area contributed by atoms with Gasteiger partial charge in [0.2, 0.25) is 5.91 Å². The van der Waals surface area contributed by atoms with E-state index in [1.807, 2.05) is 28.5 Å². The summed E-state index contributed by atoms with van der Waals surface area (Å²) in [5, 5.41) is 13.1. The number of fused-ring (bicyclic) bond motifs is 1. The molecule has 7 heteroatoms. The van der Waals surface area contributed by atoms with Crippen LogP contribution in [-0.4, -0.2) is 43.7 Å². The monoisotopic (exact) mass is 379 g/mol. The maximum atomic E-state index is 13.3. The molecule has 0 atom stereocenters. The minimum absolute atomic E-state index is 0.178. The number of carbonyl (C=O) groups excluding carboxylic acids is 1. The predicted molar refractivity (Wildman–Crippen MR) is 101 cm³/mol. The average molecular weight is 379 g/mol. The molecule has 144 valence electrons. The summed E-state index contributed by atoms with van der Waals surface area (Å²) in [7, 11) is 0. The van der Waals surface area contributed by atoms with Crippen molar-refractivity contribution in [2.45, 2.75) is 43.9 Å². The van der Waals surface area contributed by atoms with Crippen molar-refractivity contribution < 1.29 is 9.18 Å². The van der Waals surface area contributed by atoms with Crippen molar-refractivity contribution >= 4 is 11.6 Å². The molecular formula is C21H22FN5O. The number of nitrogens with zero attached hydrogens (tertiary/aromatic N) is 5. The number of hydrogen-bond donors (Lipinski definition) is 0. The van der Waals surface area contributed by atoms with Crippen LogP contribution in [0.15, 0.2) is 36.4 Å². The second kappa shape index (κ2) is 6.36. The van der Waals surface area contributed by atoms with Crippen molar-refractivity contribution in [2.24, 2.45) is 0 Å². The first kappa shape index (κ1) is 17.3. The second-order valence-electron chi connectivity index (χ2n) is 7.96. The van der Waals surface area contributed by atoms with Gasteiger partial charge in [0.1, 0.15) is 5.82 Å². The quantitative estimate of drug-likeness (QED) is 0.702. The maximum Gasteiger partial charge on any atom is 0.233 e. The Hall–Kier alpha value is -2.83. The molecule has 1 aliphatic heterocycles. The molecule has 1 saturated heterocycles. The molecular weight excluding hydrogens is 357 g/mol. The first-order valence-electron chi connectivity index (χ1n) is 9.81. The molecule has 1 aromatic carbocycles. The minimum atomic E-state index is -0.444. The van der Waals surface area contributed by atoms with Crippen LogP contribution in [0.2, 0.25) is 0 Å². The molecule has 2 aliphatic rings. The molecule has 3 aromatic rings. The number of hydrogen-bond acceptors (Lipinski definition) is 4. The van der Waals surface area contributed by atoms with Crippen LogP contribution in [0.4, 0.5) is 4.39 Å². The van der Waals surface area contributed by atoms with Gasteiger partial charge in [0, 0.05) is 19.0 Å². The third kappa shape index (κ3) is 2.77. The Balaban J connectivity index is 1.31. The van der Waals surface area contributed by atoms with Gasteiger partial charge in [0.05, 0.1) is 11.1 Å². The third-order valence-electron chi connectivity index (χ3n) is 6.12. The fourth-order valence-electron chi connectivity index (χ4n) is 4.32. The standard InChI is InChI=1S/C21H22FN5O/c1-14-2-7-18-23-24-19(27(18)25-14)15-8-12-26(13-9-15)20(28)21(10-11-21)16-3-5-17(22)6-4-16/h2-7,15H,8-13H2,1H3. The number of amides is 1. The number of rotatable bonds is 3. The van der Waals surface area contributed by atoms with E-state index in [9.17, 15) is 9.18 Å². The topological polar surface area (TPSA) is 63.4 Å². The fraction of sp³-hybridized carbons (Fsp3) is 0.429. The van der Waals surface area contributed by atoms with E-state index < -0.39 is 5.41 Å². The molecule has 28 heavy (non-hydrogen) atoms. The third-order valence-corrected chi connectivity index (χ3v) is 6.12. The summed E-state index contributed by atoms with van der Waals surface area (Å²) in [5.41, 5.74) is 2.17. The normalized spacial score (nSPS) is 19.1. The molecule has 6 nitrogen and oxygen atoms in total. The number of likely N-dealkylation sites (tertiary alicyclic amines) is 1. The highest BCUT2D eigenvalue weighted by Gasteiger charge is 2.53. The zero-order chi connectivity index (χ0) is 19.3. The van der Waals surface area contributed by atoms with Gasteiger partial charge in [-0.3, -0.25) is 4.79 Å². The van der Waals surface area contributed by atoms with E-state index in [2.05, 4.69) is 15.3 Å². The molecule has 0 bridgehead atoms. The van der Waals surface area contributed by atoms with Crippen LogP contribution in [0.25, 0.3) is 5.65 Å². The molecule has 0 radical (unpaired) electrons. The number of aromatic nitrogens is 4. The molecule has 2 fully saturated rings. The lowest BCUT2D eigenvalue weighted by molar-refractivity contribution is -0.135. The molecule has 1 amide bonds. The molecule has 5 rings (SSSR count). The number of piperidine rings is 1. The van der Waals surface area contributed by atoms with Gasteiger partial charge in [-0.25, -0.2) is 4.39 Å². The molecule has 0 unspecified atom stereocenters. The highest BCUT2D eigenvalue weighted by molar-refractivity contribution is 5.91.